The molecule has 0 aromatic rings. The van der Waals surface area contributed by atoms with Gasteiger partial charge < -0.3 is 4.90 Å². The molecule has 0 amide bonds. The normalized spacial score (nSPS) is 44.1. The van der Waals surface area contributed by atoms with Crippen LogP contribution in [0, 0.1) is 23.7 Å². The molecule has 0 radical (unpaired) electrons. The maximum atomic E-state index is 13.9. The molecular formula is C22H37ClN2O2S. The molecule has 0 N–H and O–H groups in total. The molecule has 28 heavy (non-hydrogen) atoms. The summed E-state index contributed by atoms with van der Waals surface area (Å²) in [5.74, 6) is 1.91. The molecular weight excluding hydrogens is 392 g/mol. The van der Waals surface area contributed by atoms with Crippen LogP contribution in [0.25, 0.3) is 0 Å². The number of alkyl halides is 1. The SMILES string of the molecule is CC1CCN(C2CCN(S(=O)(=O)C34CC3CC(Cl)C3CCCCC34)CC2)CC1. The lowest BCUT2D eigenvalue weighted by Gasteiger charge is -2.46. The van der Waals surface area contributed by atoms with E-state index in [9.17, 15) is 8.42 Å². The van der Waals surface area contributed by atoms with Crippen molar-refractivity contribution in [3.63, 3.8) is 0 Å². The summed E-state index contributed by atoms with van der Waals surface area (Å²) < 4.78 is 29.2. The highest BCUT2D eigenvalue weighted by atomic mass is 35.5. The molecule has 160 valence electrons. The second-order valence-corrected chi connectivity index (χ2v) is 13.3. The number of fused-ring (bicyclic) bond motifs is 3. The predicted octanol–water partition coefficient (Wildman–Crippen LogP) is 4.09. The van der Waals surface area contributed by atoms with Crippen LogP contribution in [0.15, 0.2) is 0 Å². The molecule has 5 atom stereocenters. The number of halogens is 1. The van der Waals surface area contributed by atoms with E-state index in [1.54, 1.807) is 0 Å². The summed E-state index contributed by atoms with van der Waals surface area (Å²) in [5.41, 5.74) is 0. The lowest BCUT2D eigenvalue weighted by Crippen LogP contribution is -2.55. The molecule has 0 spiro atoms. The lowest BCUT2D eigenvalue weighted by molar-refractivity contribution is 0.0989. The fraction of sp³-hybridized carbons (Fsp3) is 1.00. The third-order valence-corrected chi connectivity index (χ3v) is 12.4. The van der Waals surface area contributed by atoms with Gasteiger partial charge in [-0.15, -0.1) is 11.6 Å². The van der Waals surface area contributed by atoms with Crippen molar-refractivity contribution in [2.45, 2.75) is 87.3 Å². The molecule has 5 unspecified atom stereocenters. The number of likely N-dealkylation sites (tertiary alicyclic amines) is 1. The zero-order valence-corrected chi connectivity index (χ0v) is 18.9. The zero-order chi connectivity index (χ0) is 19.5. The number of rotatable bonds is 3. The second-order valence-electron chi connectivity index (χ2n) is 10.5. The Hall–Kier alpha value is 0.160. The van der Waals surface area contributed by atoms with Crippen LogP contribution in [0.5, 0.6) is 0 Å². The third-order valence-electron chi connectivity index (χ3n) is 9.10. The van der Waals surface area contributed by atoms with Crippen molar-refractivity contribution in [1.29, 1.82) is 0 Å². The quantitative estimate of drug-likeness (QED) is 0.635. The number of piperidine rings is 2. The molecule has 5 rings (SSSR count). The van der Waals surface area contributed by atoms with Gasteiger partial charge in [0.25, 0.3) is 0 Å². The van der Waals surface area contributed by atoms with E-state index in [2.05, 4.69) is 11.8 Å². The van der Waals surface area contributed by atoms with Crippen molar-refractivity contribution in [2.24, 2.45) is 23.7 Å². The monoisotopic (exact) mass is 428 g/mol. The van der Waals surface area contributed by atoms with Crippen LogP contribution in [-0.2, 0) is 10.0 Å². The second kappa shape index (κ2) is 7.39. The Morgan fingerprint density at radius 2 is 1.61 bits per heavy atom. The van der Waals surface area contributed by atoms with E-state index in [0.717, 1.165) is 57.5 Å². The molecule has 3 aliphatic carbocycles. The number of nitrogens with zero attached hydrogens (tertiary/aromatic N) is 2. The van der Waals surface area contributed by atoms with E-state index in [-0.39, 0.29) is 5.38 Å². The van der Waals surface area contributed by atoms with Crippen LogP contribution >= 0.6 is 11.6 Å². The minimum Gasteiger partial charge on any atom is -0.300 e. The van der Waals surface area contributed by atoms with Gasteiger partial charge in [-0.25, -0.2) is 12.7 Å². The topological polar surface area (TPSA) is 40.6 Å². The Kier molecular flexibility index (Phi) is 5.30. The highest BCUT2D eigenvalue weighted by molar-refractivity contribution is 7.90. The van der Waals surface area contributed by atoms with Gasteiger partial charge in [-0.05, 0) is 88.1 Å². The largest absolute Gasteiger partial charge is 0.300 e. The van der Waals surface area contributed by atoms with Gasteiger partial charge in [-0.1, -0.05) is 19.8 Å². The highest BCUT2D eigenvalue weighted by Gasteiger charge is 2.72. The van der Waals surface area contributed by atoms with E-state index < -0.39 is 14.8 Å². The Morgan fingerprint density at radius 3 is 2.32 bits per heavy atom. The smallest absolute Gasteiger partial charge is 0.220 e. The fourth-order valence-corrected chi connectivity index (χ4v) is 10.6. The van der Waals surface area contributed by atoms with Gasteiger partial charge >= 0.3 is 0 Å². The molecule has 0 bridgehead atoms. The van der Waals surface area contributed by atoms with Crippen LogP contribution in [0.4, 0.5) is 0 Å². The van der Waals surface area contributed by atoms with E-state index in [4.69, 9.17) is 11.6 Å². The third kappa shape index (κ3) is 3.09. The number of sulfonamides is 1. The molecule has 5 aliphatic rings. The van der Waals surface area contributed by atoms with Gasteiger partial charge in [0.15, 0.2) is 0 Å². The van der Waals surface area contributed by atoms with Crippen LogP contribution in [0.2, 0.25) is 0 Å². The molecule has 5 fully saturated rings. The van der Waals surface area contributed by atoms with E-state index in [1.807, 2.05) is 4.31 Å². The Labute approximate surface area is 176 Å². The maximum Gasteiger partial charge on any atom is 0.220 e. The van der Waals surface area contributed by atoms with Crippen molar-refractivity contribution in [3.8, 4) is 0 Å². The van der Waals surface area contributed by atoms with Crippen molar-refractivity contribution in [1.82, 2.24) is 9.21 Å². The summed E-state index contributed by atoms with van der Waals surface area (Å²) in [7, 11) is -3.21. The molecule has 6 heteroatoms. The Morgan fingerprint density at radius 1 is 0.929 bits per heavy atom. The van der Waals surface area contributed by atoms with Gasteiger partial charge in [0.2, 0.25) is 10.0 Å². The van der Waals surface area contributed by atoms with Gasteiger partial charge in [0.1, 0.15) is 0 Å². The first-order chi connectivity index (χ1) is 13.4. The first-order valence-corrected chi connectivity index (χ1v) is 13.7. The first-order valence-electron chi connectivity index (χ1n) is 11.8. The zero-order valence-electron chi connectivity index (χ0n) is 17.4. The molecule has 0 aromatic carbocycles. The van der Waals surface area contributed by atoms with Crippen molar-refractivity contribution in [2.75, 3.05) is 26.2 Å². The minimum atomic E-state index is -3.21. The standard InChI is InChI=1S/C22H37ClN2O2S/c1-16-6-10-24(11-7-16)18-8-12-25(13-9-18)28(26,27)22-15-17(22)14-21(23)19-4-2-3-5-20(19)22/h16-21H,2-15H2,1H3. The Bertz CT molecular complexity index is 685. The van der Waals surface area contributed by atoms with Crippen LogP contribution in [0.3, 0.4) is 0 Å². The van der Waals surface area contributed by atoms with Crippen LogP contribution in [-0.4, -0.2) is 60.0 Å². The summed E-state index contributed by atoms with van der Waals surface area (Å²) in [5, 5.41) is 0.202. The maximum absolute atomic E-state index is 13.9. The average Bonchev–Trinajstić information content (AvgIpc) is 3.45. The summed E-state index contributed by atoms with van der Waals surface area (Å²) in [4.78, 5) is 2.64. The van der Waals surface area contributed by atoms with Crippen molar-refractivity contribution < 1.29 is 8.42 Å². The minimum absolute atomic E-state index is 0.202. The summed E-state index contributed by atoms with van der Waals surface area (Å²) in [6, 6.07) is 0.590. The van der Waals surface area contributed by atoms with Gasteiger partial charge in [-0.3, -0.25) is 0 Å². The summed E-state index contributed by atoms with van der Waals surface area (Å²) in [6.45, 7) is 6.22. The van der Waals surface area contributed by atoms with Crippen LogP contribution < -0.4 is 0 Å². The molecule has 2 saturated heterocycles. The Balaban J connectivity index is 1.28. The van der Waals surface area contributed by atoms with E-state index in [1.165, 1.54) is 38.8 Å². The first kappa shape index (κ1) is 20.1. The van der Waals surface area contributed by atoms with Gasteiger partial charge in [-0.2, -0.15) is 0 Å². The molecule has 2 aliphatic heterocycles. The highest BCUT2D eigenvalue weighted by Crippen LogP contribution is 2.67. The lowest BCUT2D eigenvalue weighted by atomic mass is 9.70. The van der Waals surface area contributed by atoms with Gasteiger partial charge in [0.05, 0.1) is 4.75 Å². The fourth-order valence-electron chi connectivity index (χ4n) is 7.30. The molecule has 2 heterocycles. The van der Waals surface area contributed by atoms with E-state index in [0.29, 0.717) is 23.8 Å². The molecule has 4 nitrogen and oxygen atoms in total. The van der Waals surface area contributed by atoms with Crippen molar-refractivity contribution in [3.05, 3.63) is 0 Å². The summed E-state index contributed by atoms with van der Waals surface area (Å²) in [6.07, 6.45) is 11.0. The molecule has 3 saturated carbocycles. The van der Waals surface area contributed by atoms with Crippen molar-refractivity contribution >= 4 is 21.6 Å². The van der Waals surface area contributed by atoms with Crippen LogP contribution in [0.1, 0.15) is 71.1 Å². The van der Waals surface area contributed by atoms with Gasteiger partial charge in [0, 0.05) is 24.5 Å². The summed E-state index contributed by atoms with van der Waals surface area (Å²) >= 11 is 6.71. The number of hydrogen-bond donors (Lipinski definition) is 0. The predicted molar refractivity (Wildman–Crippen MR) is 114 cm³/mol. The van der Waals surface area contributed by atoms with E-state index >= 15 is 0 Å². The number of hydrogen-bond acceptors (Lipinski definition) is 3. The molecule has 0 aromatic heterocycles. The average molecular weight is 429 g/mol.